The number of halogens is 1. The lowest BCUT2D eigenvalue weighted by molar-refractivity contribution is 0.587. The topological polar surface area (TPSA) is 60.9 Å². The minimum absolute atomic E-state index is 0.164. The van der Waals surface area contributed by atoms with Gasteiger partial charge in [-0.3, -0.25) is 4.57 Å². The molecule has 0 atom stereocenters. The van der Waals surface area contributed by atoms with Crippen molar-refractivity contribution in [3.8, 4) is 0 Å². The third-order valence-corrected chi connectivity index (χ3v) is 3.02. The van der Waals surface area contributed by atoms with Gasteiger partial charge in [-0.15, -0.1) is 0 Å². The zero-order chi connectivity index (χ0) is 14.0. The largest absolute Gasteiger partial charge is 0.348 e. The number of aromatic nitrogens is 2. The summed E-state index contributed by atoms with van der Waals surface area (Å²) in [6.07, 6.45) is 0. The highest BCUT2D eigenvalue weighted by Crippen LogP contribution is 2.12. The average Bonchev–Trinajstić information content (AvgIpc) is 2.35. The first-order chi connectivity index (χ1) is 9.01. The van der Waals surface area contributed by atoms with Gasteiger partial charge in [-0.2, -0.15) is 4.98 Å². The Hall–Kier alpha value is -2.01. The SMILES string of the molecule is Cc1cc(C)n(Cc2cc(CN)ccc2F)c(=O)n1. The number of benzene rings is 1. The Kier molecular flexibility index (Phi) is 3.76. The third kappa shape index (κ3) is 2.88. The zero-order valence-corrected chi connectivity index (χ0v) is 11.0. The molecule has 5 heteroatoms. The van der Waals surface area contributed by atoms with Crippen LogP contribution >= 0.6 is 0 Å². The molecule has 0 aliphatic rings. The van der Waals surface area contributed by atoms with E-state index in [1.54, 1.807) is 32.0 Å². The quantitative estimate of drug-likeness (QED) is 0.911. The Morgan fingerprint density at radius 2 is 2.05 bits per heavy atom. The van der Waals surface area contributed by atoms with Crippen molar-refractivity contribution in [1.82, 2.24) is 9.55 Å². The predicted octanol–water partition coefficient (Wildman–Crippen LogP) is 1.51. The van der Waals surface area contributed by atoms with Gasteiger partial charge in [0.05, 0.1) is 6.54 Å². The second kappa shape index (κ2) is 5.32. The maximum absolute atomic E-state index is 13.8. The second-order valence-corrected chi connectivity index (χ2v) is 4.54. The van der Waals surface area contributed by atoms with Gasteiger partial charge in [-0.25, -0.2) is 9.18 Å². The zero-order valence-electron chi connectivity index (χ0n) is 11.0. The van der Waals surface area contributed by atoms with E-state index in [9.17, 15) is 9.18 Å². The van der Waals surface area contributed by atoms with Gasteiger partial charge >= 0.3 is 5.69 Å². The fraction of sp³-hybridized carbons (Fsp3) is 0.286. The summed E-state index contributed by atoms with van der Waals surface area (Å²) in [5, 5.41) is 0. The van der Waals surface area contributed by atoms with Crippen molar-refractivity contribution in [2.45, 2.75) is 26.9 Å². The number of hydrogen-bond donors (Lipinski definition) is 1. The van der Waals surface area contributed by atoms with Crippen molar-refractivity contribution in [3.63, 3.8) is 0 Å². The van der Waals surface area contributed by atoms with E-state index in [0.29, 0.717) is 17.8 Å². The highest BCUT2D eigenvalue weighted by atomic mass is 19.1. The monoisotopic (exact) mass is 261 g/mol. The Labute approximate surface area is 110 Å². The minimum Gasteiger partial charge on any atom is -0.326 e. The first kappa shape index (κ1) is 13.4. The smallest absolute Gasteiger partial charge is 0.326 e. The summed E-state index contributed by atoms with van der Waals surface area (Å²) in [6, 6.07) is 6.49. The van der Waals surface area contributed by atoms with Crippen LogP contribution in [0.2, 0.25) is 0 Å². The predicted molar refractivity (Wildman–Crippen MR) is 71.4 cm³/mol. The fourth-order valence-corrected chi connectivity index (χ4v) is 2.01. The molecule has 0 aliphatic carbocycles. The Morgan fingerprint density at radius 3 is 2.68 bits per heavy atom. The standard InChI is InChI=1S/C14H16FN3O/c1-9-5-10(2)18(14(19)17-9)8-12-6-11(7-16)3-4-13(12)15/h3-6H,7-8,16H2,1-2H3. The lowest BCUT2D eigenvalue weighted by Gasteiger charge is -2.11. The molecule has 1 aromatic carbocycles. The maximum Gasteiger partial charge on any atom is 0.348 e. The van der Waals surface area contributed by atoms with Crippen molar-refractivity contribution in [2.75, 3.05) is 0 Å². The lowest BCUT2D eigenvalue weighted by Crippen LogP contribution is -2.26. The molecular weight excluding hydrogens is 245 g/mol. The highest BCUT2D eigenvalue weighted by Gasteiger charge is 2.08. The van der Waals surface area contributed by atoms with Crippen molar-refractivity contribution < 1.29 is 4.39 Å². The normalized spacial score (nSPS) is 10.7. The third-order valence-electron chi connectivity index (χ3n) is 3.02. The Bertz CT molecular complexity index is 664. The summed E-state index contributed by atoms with van der Waals surface area (Å²) >= 11 is 0. The van der Waals surface area contributed by atoms with E-state index in [0.717, 1.165) is 11.3 Å². The van der Waals surface area contributed by atoms with Gasteiger partial charge in [0.25, 0.3) is 0 Å². The molecule has 0 unspecified atom stereocenters. The molecule has 4 nitrogen and oxygen atoms in total. The van der Waals surface area contributed by atoms with Crippen LogP contribution in [0.15, 0.2) is 29.1 Å². The van der Waals surface area contributed by atoms with E-state index in [1.165, 1.54) is 10.6 Å². The van der Waals surface area contributed by atoms with Crippen LogP contribution in [0.3, 0.4) is 0 Å². The minimum atomic E-state index is -0.366. The highest BCUT2D eigenvalue weighted by molar-refractivity contribution is 5.25. The molecule has 0 saturated carbocycles. The average molecular weight is 261 g/mol. The van der Waals surface area contributed by atoms with Crippen LogP contribution in [0.25, 0.3) is 0 Å². The molecule has 1 heterocycles. The first-order valence-electron chi connectivity index (χ1n) is 6.03. The van der Waals surface area contributed by atoms with Gasteiger partial charge in [0.15, 0.2) is 0 Å². The molecule has 0 fully saturated rings. The summed E-state index contributed by atoms with van der Waals surface area (Å²) < 4.78 is 15.2. The van der Waals surface area contributed by atoms with Crippen molar-refractivity contribution >= 4 is 0 Å². The summed E-state index contributed by atoms with van der Waals surface area (Å²) in [4.78, 5) is 15.7. The molecule has 2 rings (SSSR count). The van der Waals surface area contributed by atoms with Crippen LogP contribution in [0, 0.1) is 19.7 Å². The van der Waals surface area contributed by atoms with Crippen molar-refractivity contribution in [1.29, 1.82) is 0 Å². The second-order valence-electron chi connectivity index (χ2n) is 4.54. The summed E-state index contributed by atoms with van der Waals surface area (Å²) in [5.74, 6) is -0.343. The van der Waals surface area contributed by atoms with E-state index >= 15 is 0 Å². The fourth-order valence-electron chi connectivity index (χ4n) is 2.01. The Morgan fingerprint density at radius 1 is 1.32 bits per heavy atom. The van der Waals surface area contributed by atoms with Gasteiger partial charge < -0.3 is 5.73 Å². The molecule has 0 aliphatic heterocycles. The molecule has 2 N–H and O–H groups in total. The van der Waals surface area contributed by atoms with E-state index < -0.39 is 0 Å². The van der Waals surface area contributed by atoms with Gasteiger partial charge in [0.1, 0.15) is 5.82 Å². The molecule has 0 saturated heterocycles. The van der Waals surface area contributed by atoms with E-state index in [4.69, 9.17) is 5.73 Å². The number of aryl methyl sites for hydroxylation is 2. The maximum atomic E-state index is 13.8. The molecule has 100 valence electrons. The first-order valence-corrected chi connectivity index (χ1v) is 6.03. The molecule has 2 aromatic rings. The summed E-state index contributed by atoms with van der Waals surface area (Å²) in [5.41, 5.74) is 7.87. The molecule has 0 amide bonds. The van der Waals surface area contributed by atoms with E-state index in [1.807, 2.05) is 0 Å². The molecule has 0 bridgehead atoms. The molecule has 0 spiro atoms. The van der Waals surface area contributed by atoms with Gasteiger partial charge in [0.2, 0.25) is 0 Å². The van der Waals surface area contributed by atoms with Gasteiger partial charge in [-0.1, -0.05) is 6.07 Å². The van der Waals surface area contributed by atoms with Crippen LogP contribution in [-0.2, 0) is 13.1 Å². The number of rotatable bonds is 3. The summed E-state index contributed by atoms with van der Waals surface area (Å²) in [7, 11) is 0. The summed E-state index contributed by atoms with van der Waals surface area (Å²) in [6.45, 7) is 4.07. The van der Waals surface area contributed by atoms with Crippen LogP contribution in [0.1, 0.15) is 22.5 Å². The van der Waals surface area contributed by atoms with Gasteiger partial charge in [0, 0.05) is 23.5 Å². The molecule has 0 radical (unpaired) electrons. The number of nitrogens with zero attached hydrogens (tertiary/aromatic N) is 2. The van der Waals surface area contributed by atoms with Gasteiger partial charge in [-0.05, 0) is 37.6 Å². The van der Waals surface area contributed by atoms with E-state index in [2.05, 4.69) is 4.98 Å². The number of hydrogen-bond acceptors (Lipinski definition) is 3. The molecular formula is C14H16FN3O. The van der Waals surface area contributed by atoms with Crippen molar-refractivity contribution in [2.24, 2.45) is 5.73 Å². The molecule has 1 aromatic heterocycles. The lowest BCUT2D eigenvalue weighted by atomic mass is 10.1. The van der Waals surface area contributed by atoms with Crippen LogP contribution < -0.4 is 11.4 Å². The Balaban J connectivity index is 2.44. The number of nitrogens with two attached hydrogens (primary N) is 1. The van der Waals surface area contributed by atoms with Crippen molar-refractivity contribution in [3.05, 3.63) is 63.1 Å². The van der Waals surface area contributed by atoms with E-state index in [-0.39, 0.29) is 18.1 Å². The van der Waals surface area contributed by atoms with Crippen LogP contribution in [-0.4, -0.2) is 9.55 Å². The van der Waals surface area contributed by atoms with Crippen LogP contribution in [0.4, 0.5) is 4.39 Å². The molecule has 19 heavy (non-hydrogen) atoms. The van der Waals surface area contributed by atoms with Crippen LogP contribution in [0.5, 0.6) is 0 Å².